The van der Waals surface area contributed by atoms with E-state index >= 15 is 0 Å². The van der Waals surface area contributed by atoms with E-state index in [4.69, 9.17) is 5.11 Å². The van der Waals surface area contributed by atoms with Gasteiger partial charge in [-0.25, -0.2) is 0 Å². The average molecular weight is 255 g/mol. The number of carbonyl (C=O) groups excluding carboxylic acids is 1. The third kappa shape index (κ3) is 5.36. The SMILES string of the molecule is CN(CC1CC(O)C1)C(=O)COCC(F)(F)F. The maximum atomic E-state index is 11.7. The van der Waals surface area contributed by atoms with Crippen molar-refractivity contribution in [2.24, 2.45) is 5.92 Å². The van der Waals surface area contributed by atoms with Gasteiger partial charge in [0, 0.05) is 13.6 Å². The number of rotatable bonds is 5. The maximum absolute atomic E-state index is 11.7. The van der Waals surface area contributed by atoms with Gasteiger partial charge in [0.15, 0.2) is 0 Å². The number of nitrogens with zero attached hydrogens (tertiary/aromatic N) is 1. The van der Waals surface area contributed by atoms with E-state index in [1.54, 1.807) is 0 Å². The fourth-order valence-electron chi connectivity index (χ4n) is 1.70. The summed E-state index contributed by atoms with van der Waals surface area (Å²) in [4.78, 5) is 12.7. The van der Waals surface area contributed by atoms with Crippen molar-refractivity contribution >= 4 is 5.91 Å². The van der Waals surface area contributed by atoms with Crippen LogP contribution in [0.25, 0.3) is 0 Å². The van der Waals surface area contributed by atoms with E-state index < -0.39 is 25.3 Å². The van der Waals surface area contributed by atoms with Crippen molar-refractivity contribution in [1.82, 2.24) is 4.90 Å². The Kier molecular flexibility index (Phi) is 4.76. The maximum Gasteiger partial charge on any atom is 0.411 e. The highest BCUT2D eigenvalue weighted by atomic mass is 19.4. The van der Waals surface area contributed by atoms with E-state index in [-0.39, 0.29) is 12.0 Å². The van der Waals surface area contributed by atoms with Crippen molar-refractivity contribution in [1.29, 1.82) is 0 Å². The third-order valence-electron chi connectivity index (χ3n) is 2.66. The number of hydrogen-bond acceptors (Lipinski definition) is 3. The molecule has 0 aromatic heterocycles. The molecule has 0 saturated heterocycles. The van der Waals surface area contributed by atoms with Crippen molar-refractivity contribution in [3.8, 4) is 0 Å². The second-order valence-electron chi connectivity index (χ2n) is 4.37. The Morgan fingerprint density at radius 3 is 2.53 bits per heavy atom. The smallest absolute Gasteiger partial charge is 0.393 e. The zero-order valence-corrected chi connectivity index (χ0v) is 9.54. The van der Waals surface area contributed by atoms with Crippen molar-refractivity contribution in [3.63, 3.8) is 0 Å². The number of aliphatic hydroxyl groups excluding tert-OH is 1. The van der Waals surface area contributed by atoms with E-state index in [9.17, 15) is 18.0 Å². The summed E-state index contributed by atoms with van der Waals surface area (Å²) in [7, 11) is 1.52. The Hall–Kier alpha value is -0.820. The Morgan fingerprint density at radius 1 is 1.47 bits per heavy atom. The predicted octanol–water partition coefficient (Wildman–Crippen LogP) is 0.795. The lowest BCUT2D eigenvalue weighted by atomic mass is 9.82. The molecule has 1 fully saturated rings. The molecule has 0 bridgehead atoms. The van der Waals surface area contributed by atoms with E-state index in [0.717, 1.165) is 0 Å². The van der Waals surface area contributed by atoms with Gasteiger partial charge in [0.1, 0.15) is 13.2 Å². The zero-order valence-electron chi connectivity index (χ0n) is 9.54. The summed E-state index contributed by atoms with van der Waals surface area (Å²) in [6, 6.07) is 0. The van der Waals surface area contributed by atoms with E-state index in [1.807, 2.05) is 0 Å². The van der Waals surface area contributed by atoms with E-state index in [1.165, 1.54) is 11.9 Å². The number of hydrogen-bond donors (Lipinski definition) is 1. The van der Waals surface area contributed by atoms with Crippen molar-refractivity contribution in [2.75, 3.05) is 26.8 Å². The number of ether oxygens (including phenoxy) is 1. The second kappa shape index (κ2) is 5.68. The van der Waals surface area contributed by atoms with Crippen molar-refractivity contribution in [2.45, 2.75) is 25.1 Å². The van der Waals surface area contributed by atoms with Crippen LogP contribution in [0.15, 0.2) is 0 Å². The standard InChI is InChI=1S/C10H16F3NO3/c1-14(4-7-2-8(15)3-7)9(16)5-17-6-10(11,12)13/h7-8,15H,2-6H2,1H3. The van der Waals surface area contributed by atoms with Crippen LogP contribution >= 0.6 is 0 Å². The lowest BCUT2D eigenvalue weighted by molar-refractivity contribution is -0.177. The van der Waals surface area contributed by atoms with Gasteiger partial charge in [0.2, 0.25) is 5.91 Å². The minimum Gasteiger partial charge on any atom is -0.393 e. The van der Waals surface area contributed by atoms with E-state index in [2.05, 4.69) is 4.74 Å². The van der Waals surface area contributed by atoms with Crippen LogP contribution < -0.4 is 0 Å². The molecule has 0 aromatic carbocycles. The molecule has 7 heteroatoms. The van der Waals surface area contributed by atoms with Crippen LogP contribution in [0.3, 0.4) is 0 Å². The molecule has 0 unspecified atom stereocenters. The molecular weight excluding hydrogens is 239 g/mol. The molecule has 0 atom stereocenters. The fourth-order valence-corrected chi connectivity index (χ4v) is 1.70. The largest absolute Gasteiger partial charge is 0.411 e. The number of halogens is 3. The minimum absolute atomic E-state index is 0.238. The molecule has 0 radical (unpaired) electrons. The first-order valence-electron chi connectivity index (χ1n) is 5.34. The van der Waals surface area contributed by atoms with Crippen molar-refractivity contribution in [3.05, 3.63) is 0 Å². The molecule has 100 valence electrons. The van der Waals surface area contributed by atoms with Crippen LogP contribution in [0, 0.1) is 5.92 Å². The van der Waals surface area contributed by atoms with Gasteiger partial charge in [-0.05, 0) is 18.8 Å². The Labute approximate surface area is 97.3 Å². The van der Waals surface area contributed by atoms with Crippen LogP contribution in [0.2, 0.25) is 0 Å². The lowest BCUT2D eigenvalue weighted by Crippen LogP contribution is -2.41. The summed E-state index contributed by atoms with van der Waals surface area (Å²) in [5.41, 5.74) is 0. The first-order valence-corrected chi connectivity index (χ1v) is 5.34. The first kappa shape index (κ1) is 14.2. The summed E-state index contributed by atoms with van der Waals surface area (Å²) < 4.78 is 39.5. The third-order valence-corrected chi connectivity index (χ3v) is 2.66. The molecular formula is C10H16F3NO3. The number of amides is 1. The highest BCUT2D eigenvalue weighted by Gasteiger charge is 2.30. The molecule has 1 N–H and O–H groups in total. The molecule has 0 spiro atoms. The van der Waals surface area contributed by atoms with Gasteiger partial charge in [-0.2, -0.15) is 13.2 Å². The lowest BCUT2D eigenvalue weighted by Gasteiger charge is -2.34. The topological polar surface area (TPSA) is 49.8 Å². The summed E-state index contributed by atoms with van der Waals surface area (Å²) in [5, 5.41) is 9.05. The highest BCUT2D eigenvalue weighted by Crippen LogP contribution is 2.27. The number of aliphatic hydroxyl groups is 1. The molecule has 4 nitrogen and oxygen atoms in total. The zero-order chi connectivity index (χ0) is 13.1. The molecule has 0 heterocycles. The Bertz CT molecular complexity index is 264. The molecule has 1 saturated carbocycles. The summed E-state index contributed by atoms with van der Waals surface area (Å²) in [5.74, 6) is -0.239. The normalized spacial score (nSPS) is 24.3. The van der Waals surface area contributed by atoms with Gasteiger partial charge in [-0.3, -0.25) is 4.79 Å². The number of alkyl halides is 3. The molecule has 0 aliphatic heterocycles. The Morgan fingerprint density at radius 2 is 2.06 bits per heavy atom. The van der Waals surface area contributed by atoms with Gasteiger partial charge in [-0.1, -0.05) is 0 Å². The predicted molar refractivity (Wildman–Crippen MR) is 53.2 cm³/mol. The molecule has 1 aliphatic rings. The quantitative estimate of drug-likeness (QED) is 0.790. The minimum atomic E-state index is -4.41. The first-order chi connectivity index (χ1) is 7.78. The second-order valence-corrected chi connectivity index (χ2v) is 4.37. The van der Waals surface area contributed by atoms with Crippen molar-refractivity contribution < 1.29 is 27.8 Å². The molecule has 17 heavy (non-hydrogen) atoms. The average Bonchev–Trinajstić information content (AvgIpc) is 2.13. The van der Waals surface area contributed by atoms with Gasteiger partial charge in [0.05, 0.1) is 6.10 Å². The molecule has 1 aliphatic carbocycles. The molecule has 0 aromatic rings. The van der Waals surface area contributed by atoms with Crippen LogP contribution in [0.1, 0.15) is 12.8 Å². The van der Waals surface area contributed by atoms with Gasteiger partial charge in [0.25, 0.3) is 0 Å². The Balaban J connectivity index is 2.14. The van der Waals surface area contributed by atoms with Gasteiger partial charge in [-0.15, -0.1) is 0 Å². The summed E-state index contributed by atoms with van der Waals surface area (Å²) in [6.07, 6.45) is -3.43. The van der Waals surface area contributed by atoms with Crippen LogP contribution in [-0.4, -0.2) is 55.0 Å². The van der Waals surface area contributed by atoms with Gasteiger partial charge >= 0.3 is 6.18 Å². The summed E-state index contributed by atoms with van der Waals surface area (Å²) in [6.45, 7) is -1.52. The van der Waals surface area contributed by atoms with Crippen LogP contribution in [-0.2, 0) is 9.53 Å². The van der Waals surface area contributed by atoms with Crippen LogP contribution in [0.4, 0.5) is 13.2 Å². The fraction of sp³-hybridized carbons (Fsp3) is 0.900. The summed E-state index contributed by atoms with van der Waals surface area (Å²) >= 11 is 0. The molecule has 1 rings (SSSR count). The number of carbonyl (C=O) groups is 1. The van der Waals surface area contributed by atoms with Gasteiger partial charge < -0.3 is 14.7 Å². The van der Waals surface area contributed by atoms with E-state index in [0.29, 0.717) is 19.4 Å². The van der Waals surface area contributed by atoms with Crippen LogP contribution in [0.5, 0.6) is 0 Å². The number of likely N-dealkylation sites (N-methyl/N-ethyl adjacent to an activating group) is 1. The molecule has 1 amide bonds. The monoisotopic (exact) mass is 255 g/mol. The highest BCUT2D eigenvalue weighted by molar-refractivity contribution is 5.77.